The van der Waals surface area contributed by atoms with E-state index in [4.69, 9.17) is 10.00 Å². The number of ether oxygens (including phenoxy) is 1. The number of aryl methyl sites for hydroxylation is 1. The van der Waals surface area contributed by atoms with Crippen LogP contribution in [0, 0.1) is 24.2 Å². The quantitative estimate of drug-likeness (QED) is 0.888. The lowest BCUT2D eigenvalue weighted by Crippen LogP contribution is -2.31. The van der Waals surface area contributed by atoms with Gasteiger partial charge in [-0.15, -0.1) is 0 Å². The van der Waals surface area contributed by atoms with Crippen molar-refractivity contribution in [3.63, 3.8) is 0 Å². The molecule has 2 heterocycles. The maximum atomic E-state index is 8.95. The molecule has 4 nitrogen and oxygen atoms in total. The summed E-state index contributed by atoms with van der Waals surface area (Å²) < 4.78 is 5.37. The van der Waals surface area contributed by atoms with Crippen LogP contribution in [0.4, 0.5) is 5.82 Å². The highest BCUT2D eigenvalue weighted by Gasteiger charge is 2.20. The van der Waals surface area contributed by atoms with Crippen molar-refractivity contribution < 1.29 is 4.74 Å². The summed E-state index contributed by atoms with van der Waals surface area (Å²) in [6.07, 6.45) is 2.18. The average Bonchev–Trinajstić information content (AvgIpc) is 2.39. The molecule has 2 rings (SSSR count). The first-order valence-electron chi connectivity index (χ1n) is 6.42. The first kappa shape index (κ1) is 12.8. The van der Waals surface area contributed by atoms with Crippen molar-refractivity contribution in [1.82, 2.24) is 4.98 Å². The molecular weight excluding hydrogens is 226 g/mol. The summed E-state index contributed by atoms with van der Waals surface area (Å²) in [5, 5.41) is 12.4. The Hall–Kier alpha value is -1.60. The molecule has 0 saturated carbocycles. The highest BCUT2D eigenvalue weighted by atomic mass is 16.5. The van der Waals surface area contributed by atoms with Crippen LogP contribution in [-0.4, -0.2) is 24.2 Å². The van der Waals surface area contributed by atoms with E-state index in [9.17, 15) is 0 Å². The van der Waals surface area contributed by atoms with Crippen LogP contribution in [0.3, 0.4) is 0 Å². The molecule has 0 radical (unpaired) electrons. The Morgan fingerprint density at radius 1 is 1.44 bits per heavy atom. The van der Waals surface area contributed by atoms with Crippen LogP contribution >= 0.6 is 0 Å². The van der Waals surface area contributed by atoms with Gasteiger partial charge >= 0.3 is 0 Å². The Labute approximate surface area is 108 Å². The standard InChI is InChI=1S/C14H19N3O/c1-10-7-12(9-15)8-14(16-10)17-11(2)13-3-5-18-6-4-13/h7-8,11,13H,3-6H2,1-2H3,(H,16,17). The summed E-state index contributed by atoms with van der Waals surface area (Å²) in [7, 11) is 0. The van der Waals surface area contributed by atoms with E-state index in [1.807, 2.05) is 13.0 Å². The van der Waals surface area contributed by atoms with E-state index < -0.39 is 0 Å². The molecule has 1 saturated heterocycles. The molecule has 1 aromatic rings. The molecule has 0 bridgehead atoms. The van der Waals surface area contributed by atoms with Crippen LogP contribution in [0.25, 0.3) is 0 Å². The maximum Gasteiger partial charge on any atom is 0.127 e. The topological polar surface area (TPSA) is 57.9 Å². The lowest BCUT2D eigenvalue weighted by atomic mass is 9.93. The molecule has 1 fully saturated rings. The first-order valence-corrected chi connectivity index (χ1v) is 6.42. The number of hydrogen-bond donors (Lipinski definition) is 1. The third kappa shape index (κ3) is 3.21. The molecule has 1 atom stereocenters. The maximum absolute atomic E-state index is 8.95. The Balaban J connectivity index is 2.04. The van der Waals surface area contributed by atoms with Crippen molar-refractivity contribution in [2.24, 2.45) is 5.92 Å². The minimum atomic E-state index is 0.356. The minimum Gasteiger partial charge on any atom is -0.381 e. The van der Waals surface area contributed by atoms with Crippen molar-refractivity contribution in [3.8, 4) is 6.07 Å². The van der Waals surface area contributed by atoms with Gasteiger partial charge in [-0.2, -0.15) is 5.26 Å². The molecule has 1 unspecified atom stereocenters. The molecule has 0 spiro atoms. The summed E-state index contributed by atoms with van der Waals surface area (Å²) in [6.45, 7) is 5.78. The minimum absolute atomic E-state index is 0.356. The normalized spacial score (nSPS) is 18.1. The molecule has 4 heteroatoms. The van der Waals surface area contributed by atoms with Crippen LogP contribution in [-0.2, 0) is 4.74 Å². The number of anilines is 1. The monoisotopic (exact) mass is 245 g/mol. The molecule has 1 aliphatic rings. The van der Waals surface area contributed by atoms with E-state index in [2.05, 4.69) is 23.3 Å². The zero-order valence-electron chi connectivity index (χ0n) is 10.9. The highest BCUT2D eigenvalue weighted by Crippen LogP contribution is 2.21. The fraction of sp³-hybridized carbons (Fsp3) is 0.571. The van der Waals surface area contributed by atoms with E-state index in [0.29, 0.717) is 17.5 Å². The molecule has 0 aromatic carbocycles. The van der Waals surface area contributed by atoms with Crippen molar-refractivity contribution >= 4 is 5.82 Å². The average molecular weight is 245 g/mol. The van der Waals surface area contributed by atoms with Crippen LogP contribution in [0.2, 0.25) is 0 Å². The Kier molecular flexibility index (Phi) is 4.16. The highest BCUT2D eigenvalue weighted by molar-refractivity contribution is 5.44. The fourth-order valence-corrected chi connectivity index (χ4v) is 2.37. The van der Waals surface area contributed by atoms with E-state index in [0.717, 1.165) is 37.6 Å². The van der Waals surface area contributed by atoms with Gasteiger partial charge in [-0.25, -0.2) is 4.98 Å². The van der Waals surface area contributed by atoms with Gasteiger partial charge in [-0.3, -0.25) is 0 Å². The van der Waals surface area contributed by atoms with Gasteiger partial charge < -0.3 is 10.1 Å². The first-order chi connectivity index (χ1) is 8.69. The van der Waals surface area contributed by atoms with Gasteiger partial charge in [0.15, 0.2) is 0 Å². The Morgan fingerprint density at radius 3 is 2.83 bits per heavy atom. The van der Waals surface area contributed by atoms with Crippen LogP contribution < -0.4 is 5.32 Å². The second-order valence-corrected chi connectivity index (χ2v) is 4.88. The number of nitriles is 1. The van der Waals surface area contributed by atoms with Gasteiger partial charge in [0.05, 0.1) is 11.6 Å². The summed E-state index contributed by atoms with van der Waals surface area (Å²) >= 11 is 0. The molecular formula is C14H19N3O. The van der Waals surface area contributed by atoms with Gasteiger partial charge in [0.1, 0.15) is 5.82 Å². The molecule has 1 aromatic heterocycles. The SMILES string of the molecule is Cc1cc(C#N)cc(NC(C)C2CCOCC2)n1. The number of nitrogens with zero attached hydrogens (tertiary/aromatic N) is 2. The van der Waals surface area contributed by atoms with Gasteiger partial charge in [0, 0.05) is 24.9 Å². The van der Waals surface area contributed by atoms with Crippen molar-refractivity contribution in [2.75, 3.05) is 18.5 Å². The number of rotatable bonds is 3. The molecule has 0 amide bonds. The largest absolute Gasteiger partial charge is 0.381 e. The molecule has 18 heavy (non-hydrogen) atoms. The lowest BCUT2D eigenvalue weighted by molar-refractivity contribution is 0.0622. The van der Waals surface area contributed by atoms with Crippen molar-refractivity contribution in [1.29, 1.82) is 5.26 Å². The smallest absolute Gasteiger partial charge is 0.127 e. The number of nitrogens with one attached hydrogen (secondary N) is 1. The van der Waals surface area contributed by atoms with Crippen molar-refractivity contribution in [3.05, 3.63) is 23.4 Å². The summed E-state index contributed by atoms with van der Waals surface area (Å²) in [6, 6.07) is 6.12. The van der Waals surface area contributed by atoms with Crippen LogP contribution in [0.5, 0.6) is 0 Å². The number of aromatic nitrogens is 1. The van der Waals surface area contributed by atoms with E-state index >= 15 is 0 Å². The summed E-state index contributed by atoms with van der Waals surface area (Å²) in [5.74, 6) is 1.41. The summed E-state index contributed by atoms with van der Waals surface area (Å²) in [4.78, 5) is 4.42. The van der Waals surface area contributed by atoms with Crippen molar-refractivity contribution in [2.45, 2.75) is 32.7 Å². The number of hydrogen-bond acceptors (Lipinski definition) is 4. The molecule has 0 aliphatic carbocycles. The zero-order valence-corrected chi connectivity index (χ0v) is 10.9. The summed E-state index contributed by atoms with van der Waals surface area (Å²) in [5.41, 5.74) is 1.53. The third-order valence-corrected chi connectivity index (χ3v) is 3.43. The van der Waals surface area contributed by atoms with E-state index in [1.165, 1.54) is 0 Å². The molecule has 1 N–H and O–H groups in total. The van der Waals surface area contributed by atoms with Crippen LogP contribution in [0.15, 0.2) is 12.1 Å². The predicted molar refractivity (Wildman–Crippen MR) is 70.3 cm³/mol. The second-order valence-electron chi connectivity index (χ2n) is 4.88. The van der Waals surface area contributed by atoms with Gasteiger partial charge in [0.25, 0.3) is 0 Å². The fourth-order valence-electron chi connectivity index (χ4n) is 2.37. The van der Waals surface area contributed by atoms with E-state index in [-0.39, 0.29) is 0 Å². The number of pyridine rings is 1. The van der Waals surface area contributed by atoms with Crippen LogP contribution in [0.1, 0.15) is 31.0 Å². The zero-order chi connectivity index (χ0) is 13.0. The van der Waals surface area contributed by atoms with E-state index in [1.54, 1.807) is 6.07 Å². The Bertz CT molecular complexity index is 447. The third-order valence-electron chi connectivity index (χ3n) is 3.43. The second kappa shape index (κ2) is 5.83. The van der Waals surface area contributed by atoms with Gasteiger partial charge in [-0.1, -0.05) is 0 Å². The predicted octanol–water partition coefficient (Wildman–Crippen LogP) is 2.49. The molecule has 96 valence electrons. The van der Waals surface area contributed by atoms with Gasteiger partial charge in [0.2, 0.25) is 0 Å². The van der Waals surface area contributed by atoms with Gasteiger partial charge in [-0.05, 0) is 44.7 Å². The molecule has 1 aliphatic heterocycles. The lowest BCUT2D eigenvalue weighted by Gasteiger charge is -2.28. The Morgan fingerprint density at radius 2 is 2.17 bits per heavy atom.